The van der Waals surface area contributed by atoms with E-state index >= 15 is 0 Å². The van der Waals surface area contributed by atoms with Gasteiger partial charge in [-0.15, -0.1) is 11.8 Å². The minimum atomic E-state index is -0.00481. The zero-order valence-corrected chi connectivity index (χ0v) is 10.0. The highest BCUT2D eigenvalue weighted by Crippen LogP contribution is 2.26. The van der Waals surface area contributed by atoms with Crippen LogP contribution in [-0.2, 0) is 6.42 Å². The van der Waals surface area contributed by atoms with Crippen molar-refractivity contribution in [3.63, 3.8) is 0 Å². The summed E-state index contributed by atoms with van der Waals surface area (Å²) in [7, 11) is 0. The van der Waals surface area contributed by atoms with Crippen molar-refractivity contribution in [2.24, 2.45) is 5.73 Å². The second kappa shape index (κ2) is 5.23. The van der Waals surface area contributed by atoms with E-state index < -0.39 is 0 Å². The summed E-state index contributed by atoms with van der Waals surface area (Å²) in [6, 6.07) is 12.1. The molecule has 16 heavy (non-hydrogen) atoms. The second-order valence-corrected chi connectivity index (χ2v) is 4.48. The molecule has 2 aromatic rings. The van der Waals surface area contributed by atoms with Crippen LogP contribution in [0.25, 0.3) is 0 Å². The van der Waals surface area contributed by atoms with E-state index in [1.807, 2.05) is 24.3 Å². The van der Waals surface area contributed by atoms with Crippen molar-refractivity contribution in [3.8, 4) is 0 Å². The molecule has 2 N–H and O–H groups in total. The zero-order valence-electron chi connectivity index (χ0n) is 9.22. The van der Waals surface area contributed by atoms with Crippen molar-refractivity contribution < 1.29 is 4.42 Å². The quantitative estimate of drug-likeness (QED) is 0.824. The number of rotatable bonds is 4. The fourth-order valence-electron chi connectivity index (χ4n) is 1.73. The molecule has 0 aliphatic carbocycles. The number of furan rings is 1. The van der Waals surface area contributed by atoms with Gasteiger partial charge in [0.1, 0.15) is 5.76 Å². The van der Waals surface area contributed by atoms with Gasteiger partial charge in [0.15, 0.2) is 0 Å². The average Bonchev–Trinajstić information content (AvgIpc) is 2.81. The molecule has 0 saturated carbocycles. The fraction of sp³-hybridized carbons (Fsp3) is 0.231. The maximum atomic E-state index is 6.19. The van der Waals surface area contributed by atoms with Gasteiger partial charge in [-0.3, -0.25) is 0 Å². The number of benzene rings is 1. The van der Waals surface area contributed by atoms with Gasteiger partial charge in [-0.1, -0.05) is 18.2 Å². The Labute approximate surface area is 99.8 Å². The van der Waals surface area contributed by atoms with Crippen molar-refractivity contribution in [1.29, 1.82) is 0 Å². The first-order chi connectivity index (χ1) is 7.81. The van der Waals surface area contributed by atoms with Crippen LogP contribution in [0.1, 0.15) is 17.4 Å². The molecule has 1 atom stereocenters. The predicted octanol–water partition coefficient (Wildman–Crippen LogP) is 3.24. The first kappa shape index (κ1) is 11.3. The second-order valence-electron chi connectivity index (χ2n) is 3.63. The molecular formula is C13H15NOS. The highest BCUT2D eigenvalue weighted by Gasteiger charge is 2.12. The minimum absolute atomic E-state index is 0.00481. The summed E-state index contributed by atoms with van der Waals surface area (Å²) in [5, 5.41) is 0. The summed E-state index contributed by atoms with van der Waals surface area (Å²) in [6.45, 7) is 0. The van der Waals surface area contributed by atoms with Crippen molar-refractivity contribution >= 4 is 11.8 Å². The predicted molar refractivity (Wildman–Crippen MR) is 67.6 cm³/mol. The van der Waals surface area contributed by atoms with E-state index in [0.717, 1.165) is 12.2 Å². The average molecular weight is 233 g/mol. The maximum Gasteiger partial charge on any atom is 0.105 e. The van der Waals surface area contributed by atoms with E-state index in [1.165, 1.54) is 10.5 Å². The summed E-state index contributed by atoms with van der Waals surface area (Å²) >= 11 is 1.73. The molecule has 0 aliphatic rings. The van der Waals surface area contributed by atoms with Crippen LogP contribution in [-0.4, -0.2) is 6.26 Å². The Kier molecular flexibility index (Phi) is 3.70. The van der Waals surface area contributed by atoms with E-state index in [4.69, 9.17) is 10.2 Å². The molecule has 1 unspecified atom stereocenters. The van der Waals surface area contributed by atoms with Crippen LogP contribution in [0.5, 0.6) is 0 Å². The van der Waals surface area contributed by atoms with Gasteiger partial charge in [0.05, 0.1) is 6.26 Å². The highest BCUT2D eigenvalue weighted by atomic mass is 32.2. The van der Waals surface area contributed by atoms with Crippen molar-refractivity contribution in [2.45, 2.75) is 17.4 Å². The molecule has 0 spiro atoms. The molecule has 0 radical (unpaired) electrons. The Morgan fingerprint density at radius 1 is 1.25 bits per heavy atom. The zero-order chi connectivity index (χ0) is 11.4. The van der Waals surface area contributed by atoms with Gasteiger partial charge in [-0.25, -0.2) is 0 Å². The molecule has 0 amide bonds. The Hall–Kier alpha value is -1.19. The smallest absolute Gasteiger partial charge is 0.105 e. The molecule has 0 bridgehead atoms. The van der Waals surface area contributed by atoms with E-state index in [2.05, 4.69) is 18.4 Å². The lowest BCUT2D eigenvalue weighted by molar-refractivity contribution is 0.487. The SMILES string of the molecule is CSc1ccccc1C(N)Cc1ccco1. The van der Waals surface area contributed by atoms with Crippen LogP contribution in [0.4, 0.5) is 0 Å². The normalized spacial score (nSPS) is 12.6. The number of nitrogens with two attached hydrogens (primary N) is 1. The number of hydrogen-bond acceptors (Lipinski definition) is 3. The van der Waals surface area contributed by atoms with Gasteiger partial charge >= 0.3 is 0 Å². The fourth-order valence-corrected chi connectivity index (χ4v) is 2.40. The Morgan fingerprint density at radius 3 is 2.75 bits per heavy atom. The summed E-state index contributed by atoms with van der Waals surface area (Å²) < 4.78 is 5.31. The van der Waals surface area contributed by atoms with Crippen LogP contribution in [0.15, 0.2) is 52.0 Å². The minimum Gasteiger partial charge on any atom is -0.469 e. The lowest BCUT2D eigenvalue weighted by Crippen LogP contribution is -2.13. The van der Waals surface area contributed by atoms with Crippen molar-refractivity contribution in [3.05, 3.63) is 54.0 Å². The van der Waals surface area contributed by atoms with Gasteiger partial charge in [-0.2, -0.15) is 0 Å². The third kappa shape index (κ3) is 2.49. The maximum absolute atomic E-state index is 6.19. The summed E-state index contributed by atoms with van der Waals surface area (Å²) in [6.07, 6.45) is 4.49. The third-order valence-corrected chi connectivity index (χ3v) is 3.35. The van der Waals surface area contributed by atoms with Gasteiger partial charge in [-0.05, 0) is 30.0 Å². The Morgan fingerprint density at radius 2 is 2.06 bits per heavy atom. The van der Waals surface area contributed by atoms with Gasteiger partial charge in [0, 0.05) is 17.4 Å². The van der Waals surface area contributed by atoms with E-state index in [9.17, 15) is 0 Å². The molecule has 84 valence electrons. The molecule has 2 rings (SSSR count). The van der Waals surface area contributed by atoms with E-state index in [1.54, 1.807) is 18.0 Å². The molecule has 2 nitrogen and oxygen atoms in total. The molecule has 0 saturated heterocycles. The summed E-state index contributed by atoms with van der Waals surface area (Å²) in [4.78, 5) is 1.24. The monoisotopic (exact) mass is 233 g/mol. The summed E-state index contributed by atoms with van der Waals surface area (Å²) in [5.74, 6) is 0.934. The molecule has 3 heteroatoms. The lowest BCUT2D eigenvalue weighted by Gasteiger charge is -2.13. The van der Waals surface area contributed by atoms with Crippen LogP contribution in [0.2, 0.25) is 0 Å². The van der Waals surface area contributed by atoms with E-state index in [-0.39, 0.29) is 6.04 Å². The number of hydrogen-bond donors (Lipinski definition) is 1. The molecule has 1 heterocycles. The van der Waals surface area contributed by atoms with Gasteiger partial charge < -0.3 is 10.2 Å². The van der Waals surface area contributed by atoms with Crippen LogP contribution in [0, 0.1) is 0 Å². The largest absolute Gasteiger partial charge is 0.469 e. The molecular weight excluding hydrogens is 218 g/mol. The first-order valence-electron chi connectivity index (χ1n) is 5.22. The van der Waals surface area contributed by atoms with Crippen molar-refractivity contribution in [2.75, 3.05) is 6.26 Å². The van der Waals surface area contributed by atoms with Crippen LogP contribution < -0.4 is 5.73 Å². The van der Waals surface area contributed by atoms with E-state index in [0.29, 0.717) is 0 Å². The Balaban J connectivity index is 2.17. The molecule has 0 fully saturated rings. The molecule has 1 aromatic carbocycles. The third-order valence-electron chi connectivity index (χ3n) is 2.54. The van der Waals surface area contributed by atoms with Crippen LogP contribution >= 0.6 is 11.8 Å². The molecule has 0 aliphatic heterocycles. The lowest BCUT2D eigenvalue weighted by atomic mass is 10.0. The molecule has 1 aromatic heterocycles. The highest BCUT2D eigenvalue weighted by molar-refractivity contribution is 7.98. The van der Waals surface area contributed by atoms with Gasteiger partial charge in [0.2, 0.25) is 0 Å². The van der Waals surface area contributed by atoms with Crippen LogP contribution in [0.3, 0.4) is 0 Å². The summed E-state index contributed by atoms with van der Waals surface area (Å²) in [5.41, 5.74) is 7.38. The Bertz CT molecular complexity index is 439. The van der Waals surface area contributed by atoms with Gasteiger partial charge in [0.25, 0.3) is 0 Å². The van der Waals surface area contributed by atoms with Crippen molar-refractivity contribution in [1.82, 2.24) is 0 Å². The first-order valence-corrected chi connectivity index (χ1v) is 6.44. The number of thioether (sulfide) groups is 1. The standard InChI is InChI=1S/C13H15NOS/c1-16-13-7-3-2-6-11(13)12(14)9-10-5-4-8-15-10/h2-8,12H,9,14H2,1H3. The topological polar surface area (TPSA) is 39.2 Å².